The van der Waals surface area contributed by atoms with Gasteiger partial charge in [-0.2, -0.15) is 0 Å². The van der Waals surface area contributed by atoms with E-state index in [1.807, 2.05) is 0 Å². The van der Waals surface area contributed by atoms with Gasteiger partial charge in [0.2, 0.25) is 0 Å². The van der Waals surface area contributed by atoms with Gasteiger partial charge in [-0.3, -0.25) is 0 Å². The van der Waals surface area contributed by atoms with Crippen LogP contribution in [0.3, 0.4) is 0 Å². The van der Waals surface area contributed by atoms with E-state index in [1.165, 1.54) is 36.8 Å². The summed E-state index contributed by atoms with van der Waals surface area (Å²) in [6, 6.07) is 2.18. The van der Waals surface area contributed by atoms with Crippen LogP contribution in [0.25, 0.3) is 0 Å². The second kappa shape index (κ2) is 13.1. The van der Waals surface area contributed by atoms with Gasteiger partial charge in [-0.25, -0.2) is 4.57 Å². The number of hydrogen-bond acceptors (Lipinski definition) is 2. The zero-order chi connectivity index (χ0) is 14.6. The van der Waals surface area contributed by atoms with Gasteiger partial charge >= 0.3 is 0 Å². The standard InChI is InChI=1S/C17H30NO2.ClH/c1-4-5-6-7-9-19-11-12-20-10-8-18-14-16(2)13-17(3)15-18;/h13-15H,4-12H2,1-3H3;1H/q+1;/p-1. The summed E-state index contributed by atoms with van der Waals surface area (Å²) in [4.78, 5) is 0. The van der Waals surface area contributed by atoms with Gasteiger partial charge in [-0.1, -0.05) is 26.2 Å². The Morgan fingerprint density at radius 3 is 2.10 bits per heavy atom. The van der Waals surface area contributed by atoms with E-state index in [4.69, 9.17) is 9.47 Å². The maximum absolute atomic E-state index is 5.60. The zero-order valence-corrected chi connectivity index (χ0v) is 14.5. The van der Waals surface area contributed by atoms with Gasteiger partial charge in [0.25, 0.3) is 0 Å². The highest BCUT2D eigenvalue weighted by Gasteiger charge is 2.02. The molecule has 1 rings (SSSR count). The minimum atomic E-state index is 0. The summed E-state index contributed by atoms with van der Waals surface area (Å²) < 4.78 is 13.3. The lowest BCUT2D eigenvalue weighted by Gasteiger charge is -2.05. The molecule has 0 aliphatic heterocycles. The molecule has 1 heterocycles. The first-order chi connectivity index (χ1) is 9.72. The fraction of sp³-hybridized carbons (Fsp3) is 0.706. The second-order valence-electron chi connectivity index (χ2n) is 5.41. The lowest BCUT2D eigenvalue weighted by Crippen LogP contribution is -3.00. The van der Waals surface area contributed by atoms with Crippen molar-refractivity contribution in [1.29, 1.82) is 0 Å². The highest BCUT2D eigenvalue weighted by atomic mass is 35.5. The first-order valence-electron chi connectivity index (χ1n) is 7.85. The van der Waals surface area contributed by atoms with E-state index in [-0.39, 0.29) is 12.4 Å². The van der Waals surface area contributed by atoms with Crippen molar-refractivity contribution in [1.82, 2.24) is 0 Å². The molecular formula is C17H30ClNO2. The molecule has 3 nitrogen and oxygen atoms in total. The average Bonchev–Trinajstić information content (AvgIpc) is 2.40. The van der Waals surface area contributed by atoms with Crippen molar-refractivity contribution >= 4 is 0 Å². The van der Waals surface area contributed by atoms with Gasteiger partial charge in [0, 0.05) is 17.7 Å². The normalized spacial score (nSPS) is 10.4. The van der Waals surface area contributed by atoms with Gasteiger partial charge in [-0.05, 0) is 26.3 Å². The molecular weight excluding hydrogens is 286 g/mol. The third-order valence-corrected chi connectivity index (χ3v) is 3.20. The molecule has 0 aliphatic carbocycles. The largest absolute Gasteiger partial charge is 1.00 e. The summed E-state index contributed by atoms with van der Waals surface area (Å²) in [5.74, 6) is 0. The second-order valence-corrected chi connectivity index (χ2v) is 5.41. The number of ether oxygens (including phenoxy) is 2. The van der Waals surface area contributed by atoms with Crippen LogP contribution in [0.2, 0.25) is 0 Å². The van der Waals surface area contributed by atoms with Crippen molar-refractivity contribution in [2.45, 2.75) is 53.0 Å². The predicted molar refractivity (Wildman–Crippen MR) is 81.9 cm³/mol. The lowest BCUT2D eigenvalue weighted by molar-refractivity contribution is -0.699. The molecule has 0 bridgehead atoms. The fourth-order valence-corrected chi connectivity index (χ4v) is 2.25. The first-order valence-corrected chi connectivity index (χ1v) is 7.85. The van der Waals surface area contributed by atoms with Crippen LogP contribution in [0.5, 0.6) is 0 Å². The van der Waals surface area contributed by atoms with Crippen molar-refractivity contribution in [2.24, 2.45) is 0 Å². The van der Waals surface area contributed by atoms with Gasteiger partial charge in [-0.15, -0.1) is 0 Å². The molecule has 0 N–H and O–H groups in total. The van der Waals surface area contributed by atoms with Crippen LogP contribution < -0.4 is 17.0 Å². The average molecular weight is 316 g/mol. The Bertz CT molecular complexity index is 352. The molecule has 0 amide bonds. The molecule has 0 unspecified atom stereocenters. The molecule has 0 spiro atoms. The van der Waals surface area contributed by atoms with Crippen LogP contribution in [0.4, 0.5) is 0 Å². The Balaban J connectivity index is 0.00000400. The Morgan fingerprint density at radius 1 is 0.857 bits per heavy atom. The van der Waals surface area contributed by atoms with Crippen LogP contribution in [-0.4, -0.2) is 26.4 Å². The van der Waals surface area contributed by atoms with E-state index in [1.54, 1.807) is 0 Å². The first kappa shape index (κ1) is 20.4. The van der Waals surface area contributed by atoms with E-state index in [0.29, 0.717) is 13.2 Å². The van der Waals surface area contributed by atoms with Gasteiger partial charge < -0.3 is 21.9 Å². The molecule has 0 atom stereocenters. The lowest BCUT2D eigenvalue weighted by atomic mass is 10.2. The van der Waals surface area contributed by atoms with Crippen molar-refractivity contribution in [2.75, 3.05) is 26.4 Å². The maximum Gasteiger partial charge on any atom is 0.171 e. The number of unbranched alkanes of at least 4 members (excludes halogenated alkanes) is 3. The van der Waals surface area contributed by atoms with E-state index in [9.17, 15) is 0 Å². The van der Waals surface area contributed by atoms with Crippen LogP contribution in [0, 0.1) is 13.8 Å². The smallest absolute Gasteiger partial charge is 0.171 e. The van der Waals surface area contributed by atoms with Gasteiger partial charge in [0.1, 0.15) is 6.61 Å². The van der Waals surface area contributed by atoms with Crippen LogP contribution in [0.15, 0.2) is 18.5 Å². The van der Waals surface area contributed by atoms with E-state index in [2.05, 4.69) is 43.8 Å². The predicted octanol–water partition coefficient (Wildman–Crippen LogP) is 0.208. The maximum atomic E-state index is 5.60. The molecule has 0 fully saturated rings. The highest BCUT2D eigenvalue weighted by molar-refractivity contribution is 5.11. The minimum Gasteiger partial charge on any atom is -1.00 e. The highest BCUT2D eigenvalue weighted by Crippen LogP contribution is 1.99. The summed E-state index contributed by atoms with van der Waals surface area (Å²) in [6.07, 6.45) is 9.35. The number of aryl methyl sites for hydroxylation is 2. The number of rotatable bonds is 11. The van der Waals surface area contributed by atoms with Crippen molar-refractivity contribution < 1.29 is 26.4 Å². The SMILES string of the molecule is CCCCCCOCCOCC[n+]1cc(C)cc(C)c1.[Cl-]. The molecule has 0 radical (unpaired) electrons. The summed E-state index contributed by atoms with van der Waals surface area (Å²) in [7, 11) is 0. The zero-order valence-electron chi connectivity index (χ0n) is 13.7. The number of aromatic nitrogens is 1. The minimum absolute atomic E-state index is 0. The quantitative estimate of drug-likeness (QED) is 0.430. The number of pyridine rings is 1. The molecule has 21 heavy (non-hydrogen) atoms. The molecule has 1 aromatic heterocycles. The van der Waals surface area contributed by atoms with Crippen LogP contribution in [-0.2, 0) is 16.0 Å². The molecule has 1 aromatic rings. The number of nitrogens with zero attached hydrogens (tertiary/aromatic N) is 1. The monoisotopic (exact) mass is 315 g/mol. The Labute approximate surface area is 136 Å². The summed E-state index contributed by atoms with van der Waals surface area (Å²) in [5.41, 5.74) is 2.58. The molecule has 122 valence electrons. The molecule has 0 aliphatic rings. The molecule has 0 saturated carbocycles. The van der Waals surface area contributed by atoms with Crippen LogP contribution in [0.1, 0.15) is 43.7 Å². The summed E-state index contributed by atoms with van der Waals surface area (Å²) in [6.45, 7) is 10.4. The third-order valence-electron chi connectivity index (χ3n) is 3.20. The molecule has 0 aromatic carbocycles. The summed E-state index contributed by atoms with van der Waals surface area (Å²) >= 11 is 0. The number of halogens is 1. The third kappa shape index (κ3) is 10.7. The Morgan fingerprint density at radius 2 is 1.48 bits per heavy atom. The van der Waals surface area contributed by atoms with Gasteiger partial charge in [0.05, 0.1) is 13.2 Å². The molecule has 0 saturated heterocycles. The van der Waals surface area contributed by atoms with E-state index >= 15 is 0 Å². The Hall–Kier alpha value is -0.640. The van der Waals surface area contributed by atoms with Crippen molar-refractivity contribution in [3.8, 4) is 0 Å². The van der Waals surface area contributed by atoms with Crippen molar-refractivity contribution in [3.05, 3.63) is 29.6 Å². The summed E-state index contributed by atoms with van der Waals surface area (Å²) in [5, 5.41) is 0. The van der Waals surface area contributed by atoms with Crippen LogP contribution >= 0.6 is 0 Å². The van der Waals surface area contributed by atoms with Crippen molar-refractivity contribution in [3.63, 3.8) is 0 Å². The van der Waals surface area contributed by atoms with E-state index in [0.717, 1.165) is 19.8 Å². The Kier molecular flexibility index (Phi) is 12.7. The fourth-order valence-electron chi connectivity index (χ4n) is 2.25. The van der Waals surface area contributed by atoms with Gasteiger partial charge in [0.15, 0.2) is 18.9 Å². The van der Waals surface area contributed by atoms with E-state index < -0.39 is 0 Å². The topological polar surface area (TPSA) is 22.3 Å². The number of hydrogen-bond donors (Lipinski definition) is 0. The molecule has 4 heteroatoms.